The van der Waals surface area contributed by atoms with Crippen molar-refractivity contribution in [1.82, 2.24) is 0 Å². The van der Waals surface area contributed by atoms with Gasteiger partial charge in [0.15, 0.2) is 0 Å². The zero-order valence-corrected chi connectivity index (χ0v) is 9.55. The molecule has 1 saturated carbocycles. The smallest absolute Gasteiger partial charge is 0.202 e. The maximum absolute atomic E-state index is 12.1. The monoisotopic (exact) mass is 222 g/mol. The fourth-order valence-corrected chi connectivity index (χ4v) is 3.13. The molecule has 0 heterocycles. The molecular weight excluding hydrogens is 208 g/mol. The van der Waals surface area contributed by atoms with Crippen molar-refractivity contribution >= 4 is 9.84 Å². The molecule has 1 fully saturated rings. The second-order valence-electron chi connectivity index (χ2n) is 3.83. The molecule has 0 N–H and O–H groups in total. The van der Waals surface area contributed by atoms with Gasteiger partial charge in [0.25, 0.3) is 0 Å². The van der Waals surface area contributed by atoms with Crippen molar-refractivity contribution in [2.24, 2.45) is 0 Å². The number of hydrogen-bond donors (Lipinski definition) is 0. The van der Waals surface area contributed by atoms with Gasteiger partial charge in [0.1, 0.15) is 0 Å². The van der Waals surface area contributed by atoms with E-state index < -0.39 is 9.84 Å². The van der Waals surface area contributed by atoms with E-state index in [-0.39, 0.29) is 0 Å². The van der Waals surface area contributed by atoms with Crippen molar-refractivity contribution in [3.05, 3.63) is 40.8 Å². The van der Waals surface area contributed by atoms with Crippen LogP contribution >= 0.6 is 0 Å². The molecule has 15 heavy (non-hydrogen) atoms. The summed E-state index contributed by atoms with van der Waals surface area (Å²) in [5.41, 5.74) is 1.10. The number of rotatable bonds is 2. The number of allylic oxidation sites excluding steroid dienone is 2. The van der Waals surface area contributed by atoms with Crippen LogP contribution in [0.3, 0.4) is 0 Å². The Morgan fingerprint density at radius 3 is 2.20 bits per heavy atom. The molecule has 0 radical (unpaired) electrons. The Morgan fingerprint density at radius 1 is 1.13 bits per heavy atom. The first-order valence-corrected chi connectivity index (χ1v) is 6.59. The van der Waals surface area contributed by atoms with Crippen molar-refractivity contribution in [2.75, 3.05) is 0 Å². The van der Waals surface area contributed by atoms with E-state index >= 15 is 0 Å². The van der Waals surface area contributed by atoms with Gasteiger partial charge in [-0.25, -0.2) is 8.42 Å². The van der Waals surface area contributed by atoms with Crippen LogP contribution in [0.25, 0.3) is 0 Å². The lowest BCUT2D eigenvalue weighted by molar-refractivity contribution is 0.596. The normalized spacial score (nSPS) is 15.9. The Bertz CT molecular complexity index is 478. The van der Waals surface area contributed by atoms with Crippen molar-refractivity contribution in [2.45, 2.75) is 31.1 Å². The van der Waals surface area contributed by atoms with Crippen molar-refractivity contribution in [3.63, 3.8) is 0 Å². The summed E-state index contributed by atoms with van der Waals surface area (Å²) in [7, 11) is -3.22. The van der Waals surface area contributed by atoms with Gasteiger partial charge in [-0.2, -0.15) is 0 Å². The van der Waals surface area contributed by atoms with Crippen molar-refractivity contribution in [3.8, 4) is 0 Å². The first kappa shape index (κ1) is 10.4. The molecule has 1 aromatic carbocycles. The minimum atomic E-state index is -3.22. The quantitative estimate of drug-likeness (QED) is 0.771. The molecule has 2 nitrogen and oxygen atoms in total. The summed E-state index contributed by atoms with van der Waals surface area (Å²) in [6.45, 7) is 1.72. The zero-order valence-electron chi connectivity index (χ0n) is 8.73. The Hall–Kier alpha value is -1.09. The minimum absolute atomic E-state index is 0.405. The molecule has 0 aliphatic heterocycles. The summed E-state index contributed by atoms with van der Waals surface area (Å²) in [5, 5.41) is 0. The van der Waals surface area contributed by atoms with Crippen LogP contribution in [0, 0.1) is 0 Å². The van der Waals surface area contributed by atoms with Gasteiger partial charge in [-0.1, -0.05) is 23.8 Å². The van der Waals surface area contributed by atoms with E-state index in [1.165, 1.54) is 0 Å². The van der Waals surface area contributed by atoms with Crippen LogP contribution in [0.2, 0.25) is 0 Å². The second-order valence-corrected chi connectivity index (χ2v) is 5.92. The van der Waals surface area contributed by atoms with Crippen LogP contribution < -0.4 is 0 Å². The largest absolute Gasteiger partial charge is 0.219 e. The summed E-state index contributed by atoms with van der Waals surface area (Å²) in [4.78, 5) is 0.960. The van der Waals surface area contributed by atoms with Crippen LogP contribution in [0.1, 0.15) is 26.2 Å². The third-order valence-corrected chi connectivity index (χ3v) is 4.90. The fourth-order valence-electron chi connectivity index (χ4n) is 1.67. The third kappa shape index (κ3) is 1.84. The van der Waals surface area contributed by atoms with E-state index in [0.29, 0.717) is 9.80 Å². The highest BCUT2D eigenvalue weighted by atomic mass is 32.2. The highest BCUT2D eigenvalue weighted by molar-refractivity contribution is 7.95. The van der Waals surface area contributed by atoms with Gasteiger partial charge < -0.3 is 0 Å². The summed E-state index contributed by atoms with van der Waals surface area (Å²) >= 11 is 0. The number of sulfone groups is 1. The molecule has 0 amide bonds. The van der Waals surface area contributed by atoms with E-state index in [2.05, 4.69) is 0 Å². The molecule has 0 unspecified atom stereocenters. The Morgan fingerprint density at radius 2 is 1.73 bits per heavy atom. The topological polar surface area (TPSA) is 34.1 Å². The fraction of sp³-hybridized carbons (Fsp3) is 0.333. The summed E-state index contributed by atoms with van der Waals surface area (Å²) in [6.07, 6.45) is 3.01. The predicted octanol–water partition coefficient (Wildman–Crippen LogP) is 2.92. The molecule has 1 aromatic rings. The standard InChI is InChI=1S/C12H14O2S/c1-10(11-6-5-7-11)15(13,14)12-8-3-2-4-9-12/h2-4,8-9H,5-7H2,1H3. The summed E-state index contributed by atoms with van der Waals surface area (Å²) in [5.74, 6) is 0. The van der Waals surface area contributed by atoms with Crippen molar-refractivity contribution in [1.29, 1.82) is 0 Å². The van der Waals surface area contributed by atoms with Crippen LogP contribution in [-0.4, -0.2) is 8.42 Å². The number of hydrogen-bond acceptors (Lipinski definition) is 2. The van der Waals surface area contributed by atoms with Gasteiger partial charge in [-0.05, 0) is 38.3 Å². The van der Waals surface area contributed by atoms with Crippen molar-refractivity contribution < 1.29 is 8.42 Å². The van der Waals surface area contributed by atoms with Crippen LogP contribution in [0.15, 0.2) is 45.7 Å². The van der Waals surface area contributed by atoms with Gasteiger partial charge >= 0.3 is 0 Å². The lowest BCUT2D eigenvalue weighted by atomic mass is 9.92. The minimum Gasteiger partial charge on any atom is -0.219 e. The molecule has 1 aliphatic carbocycles. The molecule has 0 atom stereocenters. The van der Waals surface area contributed by atoms with E-state index in [0.717, 1.165) is 24.8 Å². The third-order valence-electron chi connectivity index (χ3n) is 2.91. The molecule has 3 heteroatoms. The molecular formula is C12H14O2S. The first-order chi connectivity index (χ1) is 7.12. The highest BCUT2D eigenvalue weighted by Crippen LogP contribution is 2.33. The highest BCUT2D eigenvalue weighted by Gasteiger charge is 2.22. The molecule has 1 aliphatic rings. The zero-order chi connectivity index (χ0) is 10.9. The molecule has 0 spiro atoms. The second kappa shape index (κ2) is 3.81. The SMILES string of the molecule is CC(=C1CCC1)S(=O)(=O)c1ccccc1. The van der Waals surface area contributed by atoms with Gasteiger partial charge in [0.2, 0.25) is 9.84 Å². The van der Waals surface area contributed by atoms with E-state index in [4.69, 9.17) is 0 Å². The lowest BCUT2D eigenvalue weighted by Crippen LogP contribution is -2.09. The van der Waals surface area contributed by atoms with Gasteiger partial charge in [-0.15, -0.1) is 0 Å². The Kier molecular flexibility index (Phi) is 2.65. The van der Waals surface area contributed by atoms with Crippen LogP contribution in [-0.2, 0) is 9.84 Å². The average molecular weight is 222 g/mol. The van der Waals surface area contributed by atoms with Crippen LogP contribution in [0.5, 0.6) is 0 Å². The average Bonchev–Trinajstić information content (AvgIpc) is 2.16. The molecule has 0 aromatic heterocycles. The maximum atomic E-state index is 12.1. The first-order valence-electron chi connectivity index (χ1n) is 5.11. The predicted molar refractivity (Wildman–Crippen MR) is 60.2 cm³/mol. The Labute approximate surface area is 90.6 Å². The van der Waals surface area contributed by atoms with Gasteiger partial charge in [-0.3, -0.25) is 0 Å². The molecule has 0 bridgehead atoms. The molecule has 2 rings (SSSR count). The van der Waals surface area contributed by atoms with Crippen LogP contribution in [0.4, 0.5) is 0 Å². The van der Waals surface area contributed by atoms with Gasteiger partial charge in [0, 0.05) is 4.91 Å². The number of benzene rings is 1. The van der Waals surface area contributed by atoms with E-state index in [1.807, 2.05) is 6.07 Å². The van der Waals surface area contributed by atoms with Gasteiger partial charge in [0.05, 0.1) is 4.90 Å². The maximum Gasteiger partial charge on any atom is 0.202 e. The lowest BCUT2D eigenvalue weighted by Gasteiger charge is -2.19. The molecule has 0 saturated heterocycles. The Balaban J connectivity index is 2.44. The summed E-state index contributed by atoms with van der Waals surface area (Å²) in [6, 6.07) is 8.64. The molecule has 80 valence electrons. The summed E-state index contributed by atoms with van der Waals surface area (Å²) < 4.78 is 24.2. The van der Waals surface area contributed by atoms with E-state index in [1.54, 1.807) is 31.2 Å². The van der Waals surface area contributed by atoms with E-state index in [9.17, 15) is 8.42 Å².